The quantitative estimate of drug-likeness (QED) is 0.673. The molecule has 0 atom stereocenters. The monoisotopic (exact) mass is 267 g/mol. The molecular formula is C14H13N5O. The molecule has 0 unspecified atom stereocenters. The molecule has 0 aliphatic carbocycles. The lowest BCUT2D eigenvalue weighted by atomic mass is 10.3. The van der Waals surface area contributed by atoms with E-state index in [4.69, 9.17) is 5.26 Å². The minimum absolute atomic E-state index is 0.298. The number of nitrogens with zero attached hydrogens (tertiary/aromatic N) is 4. The van der Waals surface area contributed by atoms with Crippen LogP contribution in [0.5, 0.6) is 0 Å². The third-order valence-corrected chi connectivity index (χ3v) is 2.96. The number of hydrogen-bond donors (Lipinski definition) is 1. The lowest BCUT2D eigenvalue weighted by molar-refractivity contribution is 0.0950. The molecule has 0 aliphatic heterocycles. The molecule has 6 heteroatoms. The van der Waals surface area contributed by atoms with Gasteiger partial charge in [-0.2, -0.15) is 10.4 Å². The van der Waals surface area contributed by atoms with E-state index >= 15 is 0 Å². The molecule has 0 fully saturated rings. The first-order valence-electron chi connectivity index (χ1n) is 5.94. The van der Waals surface area contributed by atoms with Crippen LogP contribution in [-0.2, 0) is 7.05 Å². The van der Waals surface area contributed by atoms with Gasteiger partial charge in [0.15, 0.2) is 0 Å². The fraction of sp³-hybridized carbons (Fsp3) is 0.143. The minimum atomic E-state index is -0.379. The number of aromatic nitrogens is 2. The lowest BCUT2D eigenvalue weighted by Gasteiger charge is -1.99. The first-order valence-corrected chi connectivity index (χ1v) is 5.94. The molecule has 0 radical (unpaired) electrons. The smallest absolute Gasteiger partial charge is 0.289 e. The predicted octanol–water partition coefficient (Wildman–Crippen LogP) is 1.36. The van der Waals surface area contributed by atoms with Gasteiger partial charge < -0.3 is 4.57 Å². The summed E-state index contributed by atoms with van der Waals surface area (Å²) >= 11 is 0. The van der Waals surface area contributed by atoms with E-state index in [1.807, 2.05) is 6.92 Å². The highest BCUT2D eigenvalue weighted by atomic mass is 16.2. The maximum absolute atomic E-state index is 11.7. The third-order valence-electron chi connectivity index (χ3n) is 2.96. The van der Waals surface area contributed by atoms with Gasteiger partial charge in [-0.1, -0.05) is 6.07 Å². The van der Waals surface area contributed by atoms with Crippen LogP contribution in [-0.4, -0.2) is 21.7 Å². The summed E-state index contributed by atoms with van der Waals surface area (Å²) in [5.41, 5.74) is 4.92. The highest BCUT2D eigenvalue weighted by molar-refractivity contribution is 5.93. The second kappa shape index (κ2) is 5.80. The molecule has 100 valence electrons. The van der Waals surface area contributed by atoms with E-state index in [1.165, 1.54) is 6.21 Å². The molecule has 6 nitrogen and oxygen atoms in total. The maximum atomic E-state index is 11.7. The Kier molecular flexibility index (Phi) is 3.91. The Morgan fingerprint density at radius 3 is 2.95 bits per heavy atom. The molecule has 0 saturated carbocycles. The van der Waals surface area contributed by atoms with E-state index in [1.54, 1.807) is 42.1 Å². The molecule has 0 bridgehead atoms. The SMILES string of the molecule is Cc1c(/C=N\NC(=O)c2ccccn2)cc(C#N)n1C. The normalized spacial score (nSPS) is 10.4. The summed E-state index contributed by atoms with van der Waals surface area (Å²) in [4.78, 5) is 15.6. The van der Waals surface area contributed by atoms with Crippen molar-refractivity contribution >= 4 is 12.1 Å². The molecule has 0 aromatic carbocycles. The Morgan fingerprint density at radius 2 is 2.35 bits per heavy atom. The van der Waals surface area contributed by atoms with Crippen LogP contribution in [0.25, 0.3) is 0 Å². The number of nitriles is 1. The van der Waals surface area contributed by atoms with E-state index in [0.717, 1.165) is 11.3 Å². The number of hydrogen-bond acceptors (Lipinski definition) is 4. The van der Waals surface area contributed by atoms with Gasteiger partial charge in [0.2, 0.25) is 0 Å². The van der Waals surface area contributed by atoms with Crippen LogP contribution >= 0.6 is 0 Å². The van der Waals surface area contributed by atoms with Crippen LogP contribution < -0.4 is 5.43 Å². The van der Waals surface area contributed by atoms with Crippen LogP contribution in [0.3, 0.4) is 0 Å². The second-order valence-electron chi connectivity index (χ2n) is 4.16. The number of rotatable bonds is 3. The second-order valence-corrected chi connectivity index (χ2v) is 4.16. The number of pyridine rings is 1. The number of carbonyl (C=O) groups excluding carboxylic acids is 1. The predicted molar refractivity (Wildman–Crippen MR) is 74.2 cm³/mol. The van der Waals surface area contributed by atoms with Crippen LogP contribution in [0.15, 0.2) is 35.6 Å². The zero-order chi connectivity index (χ0) is 14.5. The zero-order valence-corrected chi connectivity index (χ0v) is 11.2. The van der Waals surface area contributed by atoms with Crippen molar-refractivity contribution in [1.82, 2.24) is 15.0 Å². The Bertz CT molecular complexity index is 694. The van der Waals surface area contributed by atoms with Crippen LogP contribution in [0.1, 0.15) is 27.4 Å². The van der Waals surface area contributed by atoms with Gasteiger partial charge in [0.1, 0.15) is 17.5 Å². The fourth-order valence-corrected chi connectivity index (χ4v) is 1.68. The Balaban J connectivity index is 2.08. The largest absolute Gasteiger partial charge is 0.339 e. The lowest BCUT2D eigenvalue weighted by Crippen LogP contribution is -2.18. The average molecular weight is 267 g/mol. The number of nitrogens with one attached hydrogen (secondary N) is 1. The highest BCUT2D eigenvalue weighted by Crippen LogP contribution is 2.10. The summed E-state index contributed by atoms with van der Waals surface area (Å²) in [5, 5.41) is 12.8. The van der Waals surface area contributed by atoms with E-state index in [2.05, 4.69) is 21.6 Å². The van der Waals surface area contributed by atoms with E-state index in [0.29, 0.717) is 11.4 Å². The van der Waals surface area contributed by atoms with Gasteiger partial charge >= 0.3 is 0 Å². The van der Waals surface area contributed by atoms with Crippen molar-refractivity contribution in [2.24, 2.45) is 12.1 Å². The molecule has 0 aliphatic rings. The number of hydrazone groups is 1. The molecule has 2 rings (SSSR count). The van der Waals surface area contributed by atoms with E-state index in [-0.39, 0.29) is 5.91 Å². The molecule has 0 saturated heterocycles. The topological polar surface area (TPSA) is 83.1 Å². The highest BCUT2D eigenvalue weighted by Gasteiger charge is 2.07. The zero-order valence-electron chi connectivity index (χ0n) is 11.2. The Hall–Kier alpha value is -2.94. The van der Waals surface area contributed by atoms with Crippen molar-refractivity contribution in [2.45, 2.75) is 6.92 Å². The van der Waals surface area contributed by atoms with Gasteiger partial charge in [-0.05, 0) is 25.1 Å². The van der Waals surface area contributed by atoms with Gasteiger partial charge in [-0.15, -0.1) is 0 Å². The fourth-order valence-electron chi connectivity index (χ4n) is 1.68. The van der Waals surface area contributed by atoms with Crippen molar-refractivity contribution in [3.63, 3.8) is 0 Å². The van der Waals surface area contributed by atoms with E-state index in [9.17, 15) is 4.79 Å². The minimum Gasteiger partial charge on any atom is -0.339 e. The first-order chi connectivity index (χ1) is 9.63. The average Bonchev–Trinajstić information content (AvgIpc) is 2.76. The number of amides is 1. The summed E-state index contributed by atoms with van der Waals surface area (Å²) in [7, 11) is 1.80. The maximum Gasteiger partial charge on any atom is 0.289 e. The van der Waals surface area contributed by atoms with Crippen molar-refractivity contribution in [3.8, 4) is 6.07 Å². The first kappa shape index (κ1) is 13.5. The van der Waals surface area contributed by atoms with Crippen LogP contribution in [0.2, 0.25) is 0 Å². The molecule has 1 amide bonds. The van der Waals surface area contributed by atoms with Crippen LogP contribution in [0, 0.1) is 18.3 Å². The van der Waals surface area contributed by atoms with Crippen molar-refractivity contribution < 1.29 is 4.79 Å². The van der Waals surface area contributed by atoms with Gasteiger partial charge in [-0.25, -0.2) is 5.43 Å². The molecule has 1 N–H and O–H groups in total. The summed E-state index contributed by atoms with van der Waals surface area (Å²) < 4.78 is 1.77. The van der Waals surface area contributed by atoms with E-state index < -0.39 is 0 Å². The van der Waals surface area contributed by atoms with Gasteiger partial charge in [0, 0.05) is 24.5 Å². The molecular weight excluding hydrogens is 254 g/mol. The number of carbonyl (C=O) groups is 1. The molecule has 0 spiro atoms. The van der Waals surface area contributed by atoms with Crippen molar-refractivity contribution in [3.05, 3.63) is 53.1 Å². The van der Waals surface area contributed by atoms with Gasteiger partial charge in [-0.3, -0.25) is 9.78 Å². The summed E-state index contributed by atoms with van der Waals surface area (Å²) in [6, 6.07) is 8.86. The Labute approximate surface area is 116 Å². The van der Waals surface area contributed by atoms with Crippen molar-refractivity contribution in [1.29, 1.82) is 5.26 Å². The van der Waals surface area contributed by atoms with Crippen molar-refractivity contribution in [2.75, 3.05) is 0 Å². The molecule has 2 aromatic rings. The van der Waals surface area contributed by atoms with Crippen LogP contribution in [0.4, 0.5) is 0 Å². The molecule has 2 aromatic heterocycles. The van der Waals surface area contributed by atoms with Gasteiger partial charge in [0.05, 0.1) is 6.21 Å². The summed E-state index contributed by atoms with van der Waals surface area (Å²) in [6.45, 7) is 1.88. The third kappa shape index (κ3) is 2.72. The molecule has 2 heterocycles. The Morgan fingerprint density at radius 1 is 1.55 bits per heavy atom. The summed E-state index contributed by atoms with van der Waals surface area (Å²) in [6.07, 6.45) is 3.05. The van der Waals surface area contributed by atoms with Gasteiger partial charge in [0.25, 0.3) is 5.91 Å². The standard InChI is InChI=1S/C14H13N5O/c1-10-11(7-12(8-15)19(10)2)9-17-18-14(20)13-5-3-4-6-16-13/h3-7,9H,1-2H3,(H,18,20)/b17-9-. The summed E-state index contributed by atoms with van der Waals surface area (Å²) in [5.74, 6) is -0.379. The molecule has 20 heavy (non-hydrogen) atoms.